The maximum atomic E-state index is 12.1. The number of hydrogen-bond donors (Lipinski definition) is 1. The van der Waals surface area contributed by atoms with Gasteiger partial charge in [-0.15, -0.1) is 0 Å². The third-order valence-electron chi connectivity index (χ3n) is 2.75. The lowest BCUT2D eigenvalue weighted by Crippen LogP contribution is -2.23. The van der Waals surface area contributed by atoms with E-state index in [1.165, 1.54) is 6.07 Å². The number of carbonyl (C=O) groups is 1. The highest BCUT2D eigenvalue weighted by atomic mass is 35.5. The highest BCUT2D eigenvalue weighted by Gasteiger charge is 2.13. The first-order chi connectivity index (χ1) is 9.63. The molecule has 20 heavy (non-hydrogen) atoms. The van der Waals surface area contributed by atoms with Crippen molar-refractivity contribution in [3.63, 3.8) is 0 Å². The van der Waals surface area contributed by atoms with Gasteiger partial charge in [0.2, 0.25) is 11.0 Å². The minimum Gasteiger partial charge on any atom is -0.359 e. The van der Waals surface area contributed by atoms with E-state index in [9.17, 15) is 10.0 Å². The van der Waals surface area contributed by atoms with Crippen LogP contribution in [0.2, 0.25) is 5.02 Å². The zero-order chi connectivity index (χ0) is 14.1. The van der Waals surface area contributed by atoms with E-state index in [0.29, 0.717) is 21.8 Å². The van der Waals surface area contributed by atoms with Crippen LogP contribution in [0.1, 0.15) is 10.4 Å². The number of amides is 1. The van der Waals surface area contributed by atoms with Gasteiger partial charge in [0.1, 0.15) is 0 Å². The van der Waals surface area contributed by atoms with Crippen LogP contribution < -0.4 is 10.2 Å². The zero-order valence-electron chi connectivity index (χ0n) is 10.0. The van der Waals surface area contributed by atoms with Crippen LogP contribution in [0.25, 0.3) is 11.0 Å². The van der Waals surface area contributed by atoms with Crippen molar-refractivity contribution < 1.29 is 14.3 Å². The Labute approximate surface area is 118 Å². The minimum absolute atomic E-state index is 0.203. The van der Waals surface area contributed by atoms with Gasteiger partial charge in [-0.1, -0.05) is 11.6 Å². The van der Waals surface area contributed by atoms with Gasteiger partial charge < -0.3 is 10.5 Å². The lowest BCUT2D eigenvalue weighted by atomic mass is 10.2. The highest BCUT2D eigenvalue weighted by Crippen LogP contribution is 2.16. The van der Waals surface area contributed by atoms with E-state index in [-0.39, 0.29) is 16.3 Å². The second-order valence-corrected chi connectivity index (χ2v) is 4.53. The van der Waals surface area contributed by atoms with Crippen LogP contribution >= 0.6 is 11.6 Å². The summed E-state index contributed by atoms with van der Waals surface area (Å²) in [5.41, 5.74) is 1.54. The molecule has 1 aromatic heterocycles. The lowest BCUT2D eigenvalue weighted by Gasteiger charge is -2.04. The summed E-state index contributed by atoms with van der Waals surface area (Å²) >= 11 is 5.77. The number of rotatable bonds is 2. The Morgan fingerprint density at radius 2 is 2.00 bits per heavy atom. The lowest BCUT2D eigenvalue weighted by molar-refractivity contribution is -0.782. The molecule has 2 aromatic carbocycles. The molecule has 3 aromatic rings. The number of nitrogens with zero attached hydrogens (tertiary/aromatic N) is 2. The molecule has 6 nitrogen and oxygen atoms in total. The van der Waals surface area contributed by atoms with Gasteiger partial charge in [0.15, 0.2) is 0 Å². The smallest absolute Gasteiger partial charge is 0.255 e. The van der Waals surface area contributed by atoms with Crippen molar-refractivity contribution >= 4 is 34.2 Å². The second-order valence-electron chi connectivity index (χ2n) is 4.09. The summed E-state index contributed by atoms with van der Waals surface area (Å²) < 4.78 is 4.45. The van der Waals surface area contributed by atoms with Gasteiger partial charge in [-0.2, -0.15) is 0 Å². The summed E-state index contributed by atoms with van der Waals surface area (Å²) in [4.78, 5) is 12.3. The molecule has 0 radical (unpaired) electrons. The fourth-order valence-electron chi connectivity index (χ4n) is 1.75. The third-order valence-corrected chi connectivity index (χ3v) is 3.00. The molecule has 1 amide bonds. The normalized spacial score (nSPS) is 10.7. The summed E-state index contributed by atoms with van der Waals surface area (Å²) in [5, 5.41) is 18.1. The number of carbonyl (C=O) groups excluding carboxylic acids is 1. The molecule has 0 aliphatic carbocycles. The van der Waals surface area contributed by atoms with E-state index in [4.69, 9.17) is 11.6 Å². The van der Waals surface area contributed by atoms with Gasteiger partial charge in [0, 0.05) is 27.5 Å². The molecule has 3 rings (SSSR count). The predicted octanol–water partition coefficient (Wildman–Crippen LogP) is 2.37. The molecule has 0 saturated carbocycles. The Morgan fingerprint density at radius 1 is 1.25 bits per heavy atom. The number of halogens is 1. The molecule has 1 N–H and O–H groups in total. The molecule has 0 saturated heterocycles. The molecule has 0 aliphatic rings. The highest BCUT2D eigenvalue weighted by molar-refractivity contribution is 6.30. The van der Waals surface area contributed by atoms with Crippen LogP contribution in [0.15, 0.2) is 47.1 Å². The number of nitrogens with one attached hydrogen (secondary N) is 1. The molecule has 7 heteroatoms. The Balaban J connectivity index is 1.88. The van der Waals surface area contributed by atoms with Crippen LogP contribution in [0.5, 0.6) is 0 Å². The SMILES string of the molecule is O=C(Nc1ccc(Cl)cc1)c1ccc2no[n+]([O-])c2c1. The average molecular weight is 290 g/mol. The molecule has 0 spiro atoms. The van der Waals surface area contributed by atoms with Crippen molar-refractivity contribution in [3.05, 3.63) is 58.3 Å². The fourth-order valence-corrected chi connectivity index (χ4v) is 1.88. The van der Waals surface area contributed by atoms with Gasteiger partial charge in [0.05, 0.1) is 0 Å². The second kappa shape index (κ2) is 4.82. The molecular weight excluding hydrogens is 282 g/mol. The Hall–Kier alpha value is -2.60. The fraction of sp³-hybridized carbons (Fsp3) is 0. The minimum atomic E-state index is -0.338. The van der Waals surface area contributed by atoms with Crippen LogP contribution in [-0.2, 0) is 0 Å². The largest absolute Gasteiger partial charge is 0.359 e. The van der Waals surface area contributed by atoms with Crippen molar-refractivity contribution in [1.82, 2.24) is 5.16 Å². The van der Waals surface area contributed by atoms with Gasteiger partial charge in [-0.25, -0.2) is 0 Å². The van der Waals surface area contributed by atoms with Crippen molar-refractivity contribution in [1.29, 1.82) is 0 Å². The van der Waals surface area contributed by atoms with Crippen molar-refractivity contribution in [2.24, 2.45) is 0 Å². The quantitative estimate of drug-likeness (QED) is 0.734. The Morgan fingerprint density at radius 3 is 2.75 bits per heavy atom. The summed E-state index contributed by atoms with van der Waals surface area (Å²) in [7, 11) is 0. The van der Waals surface area contributed by atoms with Crippen LogP contribution in [0.4, 0.5) is 5.69 Å². The first kappa shape index (κ1) is 12.4. The molecule has 1 heterocycles. The van der Waals surface area contributed by atoms with Gasteiger partial charge in [-0.3, -0.25) is 9.42 Å². The van der Waals surface area contributed by atoms with Crippen LogP contribution in [-0.4, -0.2) is 11.1 Å². The van der Waals surface area contributed by atoms with E-state index in [0.717, 1.165) is 0 Å². The average Bonchev–Trinajstić information content (AvgIpc) is 2.82. The van der Waals surface area contributed by atoms with Crippen LogP contribution in [0.3, 0.4) is 0 Å². The van der Waals surface area contributed by atoms with E-state index in [1.807, 2.05) is 0 Å². The zero-order valence-corrected chi connectivity index (χ0v) is 10.8. The summed E-state index contributed by atoms with van der Waals surface area (Å²) in [6, 6.07) is 11.3. The monoisotopic (exact) mass is 289 g/mol. The Bertz CT molecular complexity index is 783. The molecule has 0 unspecified atom stereocenters. The number of aromatic nitrogens is 2. The topological polar surface area (TPSA) is 82.1 Å². The molecule has 0 bridgehead atoms. The Kier molecular flexibility index (Phi) is 3.00. The van der Waals surface area contributed by atoms with Crippen molar-refractivity contribution in [3.8, 4) is 0 Å². The van der Waals surface area contributed by atoms with Gasteiger partial charge in [-0.05, 0) is 41.3 Å². The predicted molar refractivity (Wildman–Crippen MR) is 72.4 cm³/mol. The summed E-state index contributed by atoms with van der Waals surface area (Å²) in [6.45, 7) is 0. The number of hydrogen-bond acceptors (Lipinski definition) is 4. The van der Waals surface area contributed by atoms with E-state index in [2.05, 4.69) is 15.1 Å². The van der Waals surface area contributed by atoms with E-state index < -0.39 is 0 Å². The third kappa shape index (κ3) is 2.28. The van der Waals surface area contributed by atoms with E-state index >= 15 is 0 Å². The number of benzene rings is 2. The summed E-state index contributed by atoms with van der Waals surface area (Å²) in [6.07, 6.45) is 0. The molecule has 0 fully saturated rings. The molecule has 100 valence electrons. The number of anilines is 1. The van der Waals surface area contributed by atoms with E-state index in [1.54, 1.807) is 36.4 Å². The van der Waals surface area contributed by atoms with Gasteiger partial charge in [0.25, 0.3) is 5.91 Å². The molecule has 0 aliphatic heterocycles. The standard InChI is InChI=1S/C13H8ClN3O3/c14-9-2-4-10(5-3-9)15-13(18)8-1-6-11-12(7-8)17(19)20-16-11/h1-7H,(H,15,18). The van der Waals surface area contributed by atoms with Crippen LogP contribution in [0, 0.1) is 5.21 Å². The molecule has 0 atom stereocenters. The maximum Gasteiger partial charge on any atom is 0.255 e. The van der Waals surface area contributed by atoms with Gasteiger partial charge >= 0.3 is 0 Å². The number of fused-ring (bicyclic) bond motifs is 1. The molecular formula is C13H8ClN3O3. The first-order valence-electron chi connectivity index (χ1n) is 5.70. The van der Waals surface area contributed by atoms with Crippen molar-refractivity contribution in [2.75, 3.05) is 5.32 Å². The first-order valence-corrected chi connectivity index (χ1v) is 6.08. The summed E-state index contributed by atoms with van der Waals surface area (Å²) in [5.74, 6) is -0.338. The van der Waals surface area contributed by atoms with Crippen molar-refractivity contribution in [2.45, 2.75) is 0 Å². The maximum absolute atomic E-state index is 12.1.